The van der Waals surface area contributed by atoms with Crippen molar-refractivity contribution in [3.8, 4) is 0 Å². The van der Waals surface area contributed by atoms with Crippen molar-refractivity contribution in [2.45, 2.75) is 6.92 Å². The first kappa shape index (κ1) is 11.2. The van der Waals surface area contributed by atoms with E-state index >= 15 is 0 Å². The lowest BCUT2D eigenvalue weighted by Gasteiger charge is -1.81. The predicted octanol–water partition coefficient (Wildman–Crippen LogP) is 2.17. The molecule has 3 nitrogen and oxygen atoms in total. The van der Waals surface area contributed by atoms with Crippen molar-refractivity contribution in [3.63, 3.8) is 0 Å². The Kier molecular flexibility index (Phi) is 7.19. The molecule has 0 saturated carbocycles. The Morgan fingerprint density at radius 1 is 1.31 bits per heavy atom. The number of aryl methyl sites for hydroxylation is 1. The largest absolute Gasteiger partial charge is 0.265 e. The first-order chi connectivity index (χ1) is 6.31. The van der Waals surface area contributed by atoms with Gasteiger partial charge in [-0.2, -0.15) is 0 Å². The molecule has 0 aromatic carbocycles. The Labute approximate surface area is 78.6 Å². The summed E-state index contributed by atoms with van der Waals surface area (Å²) in [7, 11) is 0. The van der Waals surface area contributed by atoms with Gasteiger partial charge in [-0.05, 0) is 13.0 Å². The van der Waals surface area contributed by atoms with Crippen LogP contribution in [0.2, 0.25) is 0 Å². The maximum absolute atomic E-state index is 3.87. The minimum Gasteiger partial charge on any atom is -0.265 e. The van der Waals surface area contributed by atoms with E-state index in [2.05, 4.69) is 28.1 Å². The normalized spacial score (nSPS) is 8.69. The number of hydrogen-bond donors (Lipinski definition) is 0. The van der Waals surface area contributed by atoms with Gasteiger partial charge in [0.1, 0.15) is 5.82 Å². The fraction of sp³-hybridized carbons (Fsp3) is 0.100. The molecule has 0 atom stereocenters. The molecule has 0 fully saturated rings. The van der Waals surface area contributed by atoms with Crippen LogP contribution >= 0.6 is 0 Å². The van der Waals surface area contributed by atoms with Crippen LogP contribution in [-0.4, -0.2) is 16.2 Å². The van der Waals surface area contributed by atoms with Crippen LogP contribution in [0.3, 0.4) is 0 Å². The lowest BCUT2D eigenvalue weighted by molar-refractivity contribution is 1.05. The van der Waals surface area contributed by atoms with Crippen LogP contribution in [0.4, 0.5) is 0 Å². The molecular formula is C10H13N3. The second-order valence-electron chi connectivity index (χ2n) is 2.01. The molecule has 0 saturated heterocycles. The lowest BCUT2D eigenvalue weighted by Crippen LogP contribution is -1.80. The molecule has 0 aliphatic heterocycles. The van der Waals surface area contributed by atoms with Gasteiger partial charge in [0.05, 0.1) is 0 Å². The van der Waals surface area contributed by atoms with Crippen molar-refractivity contribution < 1.29 is 0 Å². The quantitative estimate of drug-likeness (QED) is 0.646. The van der Waals surface area contributed by atoms with Gasteiger partial charge in [-0.3, -0.25) is 4.99 Å². The van der Waals surface area contributed by atoms with E-state index in [4.69, 9.17) is 0 Å². The molecule has 0 unspecified atom stereocenters. The van der Waals surface area contributed by atoms with Gasteiger partial charge in [-0.1, -0.05) is 19.2 Å². The van der Waals surface area contributed by atoms with Crippen LogP contribution in [0.15, 0.2) is 48.9 Å². The first-order valence-corrected chi connectivity index (χ1v) is 3.80. The van der Waals surface area contributed by atoms with Gasteiger partial charge in [-0.15, -0.1) is 0 Å². The van der Waals surface area contributed by atoms with Crippen molar-refractivity contribution in [1.82, 2.24) is 9.97 Å². The van der Waals surface area contributed by atoms with Crippen molar-refractivity contribution in [1.29, 1.82) is 0 Å². The highest BCUT2D eigenvalue weighted by molar-refractivity contribution is 5.70. The summed E-state index contributed by atoms with van der Waals surface area (Å²) < 4.78 is 0. The summed E-state index contributed by atoms with van der Waals surface area (Å²) in [6.07, 6.45) is 8.08. The molecule has 68 valence electrons. The molecule has 0 radical (unpaired) electrons. The van der Waals surface area contributed by atoms with Crippen LogP contribution in [0.25, 0.3) is 0 Å². The highest BCUT2D eigenvalue weighted by atomic mass is 14.8. The molecule has 0 aliphatic carbocycles. The number of rotatable bonds is 2. The molecule has 1 rings (SSSR count). The lowest BCUT2D eigenvalue weighted by atomic mass is 10.6. The standard InChI is InChI=1S/C5H6N2.C5H7N/c1-5-6-3-2-4-7-5;1-3-5-6-4-2/h2-4H,1H3;3-5H,1-2H2. The minimum absolute atomic E-state index is 0.822. The van der Waals surface area contributed by atoms with E-state index in [9.17, 15) is 0 Å². The molecule has 3 heteroatoms. The number of nitrogens with zero attached hydrogens (tertiary/aromatic N) is 3. The molecule has 1 aromatic heterocycles. The fourth-order valence-electron chi connectivity index (χ4n) is 0.495. The van der Waals surface area contributed by atoms with Gasteiger partial charge in [0, 0.05) is 24.8 Å². The third-order valence-corrected chi connectivity index (χ3v) is 0.992. The SMILES string of the molecule is C=CC=NC=C.Cc1ncccn1. The van der Waals surface area contributed by atoms with Crippen molar-refractivity contribution in [3.05, 3.63) is 49.7 Å². The van der Waals surface area contributed by atoms with Crippen LogP contribution < -0.4 is 0 Å². The molecule has 0 bridgehead atoms. The zero-order valence-corrected chi connectivity index (χ0v) is 7.72. The second-order valence-corrected chi connectivity index (χ2v) is 2.01. The number of aliphatic imine (C=N–C) groups is 1. The van der Waals surface area contributed by atoms with Crippen LogP contribution in [0.1, 0.15) is 5.82 Å². The molecule has 0 amide bonds. The first-order valence-electron chi connectivity index (χ1n) is 3.80. The van der Waals surface area contributed by atoms with Gasteiger partial charge in [0.2, 0.25) is 0 Å². The topological polar surface area (TPSA) is 38.1 Å². The minimum atomic E-state index is 0.822. The highest BCUT2D eigenvalue weighted by Crippen LogP contribution is 1.78. The molecule has 0 aliphatic rings. The summed E-state index contributed by atoms with van der Waals surface area (Å²) in [5, 5.41) is 0. The van der Waals surface area contributed by atoms with E-state index in [1.54, 1.807) is 30.8 Å². The van der Waals surface area contributed by atoms with Crippen LogP contribution in [-0.2, 0) is 0 Å². The van der Waals surface area contributed by atoms with Gasteiger partial charge >= 0.3 is 0 Å². The summed E-state index contributed by atoms with van der Waals surface area (Å²) in [6.45, 7) is 8.61. The van der Waals surface area contributed by atoms with E-state index < -0.39 is 0 Å². The van der Waals surface area contributed by atoms with Crippen LogP contribution in [0, 0.1) is 6.92 Å². The molecule has 0 N–H and O–H groups in total. The van der Waals surface area contributed by atoms with Gasteiger partial charge in [0.25, 0.3) is 0 Å². The Morgan fingerprint density at radius 3 is 2.15 bits per heavy atom. The maximum Gasteiger partial charge on any atom is 0.125 e. The molecule has 0 spiro atoms. The highest BCUT2D eigenvalue weighted by Gasteiger charge is 1.74. The summed E-state index contributed by atoms with van der Waals surface area (Å²) in [6, 6.07) is 1.80. The Hall–Kier alpha value is -1.77. The Bertz CT molecular complexity index is 255. The predicted molar refractivity (Wildman–Crippen MR) is 55.7 cm³/mol. The van der Waals surface area contributed by atoms with E-state index in [-0.39, 0.29) is 0 Å². The summed E-state index contributed by atoms with van der Waals surface area (Å²) >= 11 is 0. The van der Waals surface area contributed by atoms with E-state index in [1.165, 1.54) is 6.20 Å². The summed E-state index contributed by atoms with van der Waals surface area (Å²) in [4.78, 5) is 11.3. The van der Waals surface area contributed by atoms with Gasteiger partial charge < -0.3 is 0 Å². The van der Waals surface area contributed by atoms with E-state index in [0.29, 0.717) is 0 Å². The molecule has 1 heterocycles. The van der Waals surface area contributed by atoms with Gasteiger partial charge in [-0.25, -0.2) is 9.97 Å². The maximum atomic E-state index is 3.87. The number of allylic oxidation sites excluding steroid dienone is 1. The Morgan fingerprint density at radius 2 is 1.92 bits per heavy atom. The third-order valence-electron chi connectivity index (χ3n) is 0.992. The summed E-state index contributed by atoms with van der Waals surface area (Å²) in [5.74, 6) is 0.822. The van der Waals surface area contributed by atoms with Crippen molar-refractivity contribution in [2.75, 3.05) is 0 Å². The summed E-state index contributed by atoms with van der Waals surface area (Å²) in [5.41, 5.74) is 0. The van der Waals surface area contributed by atoms with Crippen molar-refractivity contribution >= 4 is 6.21 Å². The number of aromatic nitrogens is 2. The molecular weight excluding hydrogens is 162 g/mol. The third kappa shape index (κ3) is 8.13. The molecule has 13 heavy (non-hydrogen) atoms. The average molecular weight is 175 g/mol. The zero-order chi connectivity index (χ0) is 9.94. The number of hydrogen-bond acceptors (Lipinski definition) is 3. The second kappa shape index (κ2) is 8.33. The van der Waals surface area contributed by atoms with E-state index in [1.807, 2.05) is 6.92 Å². The monoisotopic (exact) mass is 175 g/mol. The molecule has 1 aromatic rings. The zero-order valence-electron chi connectivity index (χ0n) is 7.72. The average Bonchev–Trinajstić information content (AvgIpc) is 2.17. The van der Waals surface area contributed by atoms with E-state index in [0.717, 1.165) is 5.82 Å². The fourth-order valence-corrected chi connectivity index (χ4v) is 0.495. The Balaban J connectivity index is 0.000000226. The van der Waals surface area contributed by atoms with Gasteiger partial charge in [0.15, 0.2) is 0 Å². The van der Waals surface area contributed by atoms with Crippen LogP contribution in [0.5, 0.6) is 0 Å². The smallest absolute Gasteiger partial charge is 0.125 e. The van der Waals surface area contributed by atoms with Crippen molar-refractivity contribution in [2.24, 2.45) is 4.99 Å².